The van der Waals surface area contributed by atoms with Crippen LogP contribution in [-0.2, 0) is 13.7 Å². The minimum Gasteiger partial charge on any atom is -0.467 e. The number of hydrogen-bond donors (Lipinski definition) is 0. The van der Waals surface area contributed by atoms with Gasteiger partial charge in [-0.3, -0.25) is 9.67 Å². The molecule has 0 spiro atoms. The summed E-state index contributed by atoms with van der Waals surface area (Å²) >= 11 is 0. The number of pyridine rings is 1. The van der Waals surface area contributed by atoms with Gasteiger partial charge in [-0.15, -0.1) is 15.3 Å². The maximum absolute atomic E-state index is 5.88. The Morgan fingerprint density at radius 3 is 2.96 bits per heavy atom. The highest BCUT2D eigenvalue weighted by Crippen LogP contribution is 2.27. The molecule has 0 fully saturated rings. The lowest BCUT2D eigenvalue weighted by molar-refractivity contribution is 0.277. The van der Waals surface area contributed by atoms with E-state index in [9.17, 15) is 0 Å². The van der Waals surface area contributed by atoms with Gasteiger partial charge in [0, 0.05) is 19.3 Å². The van der Waals surface area contributed by atoms with Crippen molar-refractivity contribution < 1.29 is 9.26 Å². The van der Waals surface area contributed by atoms with Gasteiger partial charge in [0.05, 0.1) is 5.39 Å². The van der Waals surface area contributed by atoms with Crippen molar-refractivity contribution in [2.24, 2.45) is 7.05 Å². The predicted octanol–water partition coefficient (Wildman–Crippen LogP) is 1.03. The van der Waals surface area contributed by atoms with E-state index in [1.807, 2.05) is 12.1 Å². The second-order valence-electron chi connectivity index (χ2n) is 5.44. The van der Waals surface area contributed by atoms with Crippen LogP contribution in [0, 0.1) is 0 Å². The quantitative estimate of drug-likeness (QED) is 0.468. The van der Waals surface area contributed by atoms with Crippen molar-refractivity contribution in [3.05, 3.63) is 42.8 Å². The molecule has 11 heteroatoms. The van der Waals surface area contributed by atoms with Gasteiger partial charge in [-0.2, -0.15) is 9.61 Å². The van der Waals surface area contributed by atoms with Gasteiger partial charge in [0.15, 0.2) is 17.2 Å². The summed E-state index contributed by atoms with van der Waals surface area (Å²) in [6.45, 7) is 0.197. The lowest BCUT2D eigenvalue weighted by atomic mass is 10.3. The summed E-state index contributed by atoms with van der Waals surface area (Å²) in [6.07, 6.45) is 4.60. The molecule has 5 aromatic heterocycles. The molecular weight excluding hydrogens is 338 g/mol. The highest BCUT2D eigenvalue weighted by Gasteiger charge is 2.18. The van der Waals surface area contributed by atoms with Crippen LogP contribution in [0.25, 0.3) is 28.1 Å². The first-order valence-corrected chi connectivity index (χ1v) is 7.68. The lowest BCUT2D eigenvalue weighted by Gasteiger charge is -2.08. The minimum absolute atomic E-state index is 0.197. The van der Waals surface area contributed by atoms with E-state index in [1.54, 1.807) is 28.5 Å². The summed E-state index contributed by atoms with van der Waals surface area (Å²) < 4.78 is 14.0. The first-order valence-electron chi connectivity index (χ1n) is 7.68. The molecule has 0 radical (unpaired) electrons. The first-order chi connectivity index (χ1) is 12.8. The Morgan fingerprint density at radius 2 is 2.15 bits per heavy atom. The van der Waals surface area contributed by atoms with Crippen LogP contribution in [0.5, 0.6) is 5.88 Å². The van der Waals surface area contributed by atoms with Gasteiger partial charge in [-0.1, -0.05) is 5.16 Å². The lowest BCUT2D eigenvalue weighted by Crippen LogP contribution is -2.08. The van der Waals surface area contributed by atoms with Crippen molar-refractivity contribution >= 4 is 16.6 Å². The zero-order chi connectivity index (χ0) is 17.5. The monoisotopic (exact) mass is 349 g/mol. The Morgan fingerprint density at radius 1 is 1.19 bits per heavy atom. The van der Waals surface area contributed by atoms with Gasteiger partial charge in [0.2, 0.25) is 5.82 Å². The van der Waals surface area contributed by atoms with E-state index >= 15 is 0 Å². The molecule has 0 saturated heterocycles. The molecule has 0 unspecified atom stereocenters. The number of nitrogens with zero attached hydrogens (tertiary/aromatic N) is 9. The molecule has 0 amide bonds. The SMILES string of the molecule is Cn1ncnc1COc1nn2c(-c3ccon3)nnc2c2cccnc12. The number of aryl methyl sites for hydroxylation is 1. The molecule has 11 nitrogen and oxygen atoms in total. The molecule has 0 saturated carbocycles. The molecule has 0 aliphatic carbocycles. The molecular formula is C15H11N9O2. The zero-order valence-electron chi connectivity index (χ0n) is 13.5. The molecule has 0 aromatic carbocycles. The average molecular weight is 349 g/mol. The first kappa shape index (κ1) is 14.5. The number of hydrogen-bond acceptors (Lipinski definition) is 9. The molecule has 5 rings (SSSR count). The summed E-state index contributed by atoms with van der Waals surface area (Å²) in [4.78, 5) is 8.53. The summed E-state index contributed by atoms with van der Waals surface area (Å²) in [5.74, 6) is 1.44. The number of aromatic nitrogens is 9. The van der Waals surface area contributed by atoms with Gasteiger partial charge in [0.25, 0.3) is 5.88 Å². The highest BCUT2D eigenvalue weighted by atomic mass is 16.5. The molecule has 0 N–H and O–H groups in total. The molecule has 0 aliphatic heterocycles. The van der Waals surface area contributed by atoms with Gasteiger partial charge in [-0.25, -0.2) is 4.98 Å². The van der Waals surface area contributed by atoms with E-state index in [4.69, 9.17) is 9.26 Å². The standard InChI is InChI=1S/C15H11N9O2/c1-23-11(17-8-18-23)7-25-15-12-9(3-2-5-16-12)13-19-20-14(24(13)21-15)10-4-6-26-22-10/h2-6,8H,7H2,1H3. The van der Waals surface area contributed by atoms with E-state index in [0.717, 1.165) is 5.39 Å². The van der Waals surface area contributed by atoms with Crippen molar-refractivity contribution in [2.75, 3.05) is 0 Å². The van der Waals surface area contributed by atoms with E-state index in [1.165, 1.54) is 12.6 Å². The normalized spacial score (nSPS) is 11.4. The number of fused-ring (bicyclic) bond motifs is 3. The number of rotatable bonds is 4. The van der Waals surface area contributed by atoms with E-state index in [2.05, 4.69) is 35.5 Å². The highest BCUT2D eigenvalue weighted by molar-refractivity contribution is 5.94. The third kappa shape index (κ3) is 2.17. The van der Waals surface area contributed by atoms with Crippen LogP contribution >= 0.6 is 0 Å². The van der Waals surface area contributed by atoms with Crippen molar-refractivity contribution in [3.8, 4) is 17.4 Å². The summed E-state index contributed by atoms with van der Waals surface area (Å²) in [6, 6.07) is 5.39. The predicted molar refractivity (Wildman–Crippen MR) is 86.9 cm³/mol. The van der Waals surface area contributed by atoms with Crippen LogP contribution in [0.15, 0.2) is 41.5 Å². The van der Waals surface area contributed by atoms with Crippen molar-refractivity contribution in [3.63, 3.8) is 0 Å². The summed E-state index contributed by atoms with van der Waals surface area (Å²) in [5.41, 5.74) is 1.66. The largest absolute Gasteiger partial charge is 0.467 e. The summed E-state index contributed by atoms with van der Waals surface area (Å²) in [5, 5.41) is 21.6. The number of ether oxygens (including phenoxy) is 1. The fraction of sp³-hybridized carbons (Fsp3) is 0.133. The van der Waals surface area contributed by atoms with E-state index in [-0.39, 0.29) is 6.61 Å². The molecule has 0 aliphatic rings. The van der Waals surface area contributed by atoms with E-state index in [0.29, 0.717) is 34.4 Å². The van der Waals surface area contributed by atoms with Crippen LogP contribution in [0.2, 0.25) is 0 Å². The van der Waals surface area contributed by atoms with Gasteiger partial charge in [-0.05, 0) is 12.1 Å². The Kier molecular flexibility index (Phi) is 3.10. The third-order valence-corrected chi connectivity index (χ3v) is 3.89. The fourth-order valence-electron chi connectivity index (χ4n) is 2.61. The third-order valence-electron chi connectivity index (χ3n) is 3.89. The average Bonchev–Trinajstić information content (AvgIpc) is 3.40. The van der Waals surface area contributed by atoms with Gasteiger partial charge >= 0.3 is 0 Å². The Labute approximate surface area is 145 Å². The molecule has 128 valence electrons. The summed E-state index contributed by atoms with van der Waals surface area (Å²) in [7, 11) is 1.79. The Hall–Kier alpha value is -3.89. The second-order valence-corrected chi connectivity index (χ2v) is 5.44. The van der Waals surface area contributed by atoms with Gasteiger partial charge in [0.1, 0.15) is 24.7 Å². The molecule has 5 aromatic rings. The smallest absolute Gasteiger partial charge is 0.259 e. The molecule has 0 atom stereocenters. The van der Waals surface area contributed by atoms with E-state index < -0.39 is 0 Å². The van der Waals surface area contributed by atoms with Gasteiger partial charge < -0.3 is 9.26 Å². The molecule has 5 heterocycles. The topological polar surface area (TPSA) is 122 Å². The molecule has 0 bridgehead atoms. The van der Waals surface area contributed by atoms with Crippen LogP contribution in [0.1, 0.15) is 5.82 Å². The minimum atomic E-state index is 0.197. The zero-order valence-corrected chi connectivity index (χ0v) is 13.5. The van der Waals surface area contributed by atoms with Crippen molar-refractivity contribution in [1.29, 1.82) is 0 Å². The Bertz CT molecular complexity index is 1210. The van der Waals surface area contributed by atoms with Crippen molar-refractivity contribution in [1.82, 2.24) is 44.7 Å². The maximum Gasteiger partial charge on any atom is 0.259 e. The van der Waals surface area contributed by atoms with Crippen LogP contribution in [0.3, 0.4) is 0 Å². The fourth-order valence-corrected chi connectivity index (χ4v) is 2.61. The van der Waals surface area contributed by atoms with Crippen LogP contribution in [-0.4, -0.2) is 44.7 Å². The Balaban J connectivity index is 1.68. The van der Waals surface area contributed by atoms with Crippen LogP contribution < -0.4 is 4.74 Å². The second kappa shape index (κ2) is 5.58. The van der Waals surface area contributed by atoms with Crippen molar-refractivity contribution in [2.45, 2.75) is 6.61 Å². The van der Waals surface area contributed by atoms with Crippen LogP contribution in [0.4, 0.5) is 0 Å². The maximum atomic E-state index is 5.88. The molecule has 26 heavy (non-hydrogen) atoms.